The van der Waals surface area contributed by atoms with Gasteiger partial charge < -0.3 is 10.2 Å². The first kappa shape index (κ1) is 15.8. The molecule has 2 rings (SSSR count). The molecule has 0 saturated carbocycles. The average molecular weight is 361 g/mol. The van der Waals surface area contributed by atoms with Crippen molar-refractivity contribution in [2.45, 2.75) is 0 Å². The quantitative estimate of drug-likeness (QED) is 0.893. The Morgan fingerprint density at radius 3 is 2.70 bits per heavy atom. The summed E-state index contributed by atoms with van der Waals surface area (Å²) in [7, 11) is 2.14. The van der Waals surface area contributed by atoms with Crippen molar-refractivity contribution in [3.05, 3.63) is 33.3 Å². The van der Waals surface area contributed by atoms with E-state index in [9.17, 15) is 4.79 Å². The molecule has 1 aliphatic heterocycles. The summed E-state index contributed by atoms with van der Waals surface area (Å²) in [6.07, 6.45) is 0. The van der Waals surface area contributed by atoms with Gasteiger partial charge in [0.05, 0.1) is 5.02 Å². The molecule has 1 fully saturated rings. The highest BCUT2D eigenvalue weighted by Gasteiger charge is 2.13. The second-order valence-corrected chi connectivity index (χ2v) is 6.29. The summed E-state index contributed by atoms with van der Waals surface area (Å²) in [5, 5.41) is 3.56. The van der Waals surface area contributed by atoms with Crippen molar-refractivity contribution in [3.63, 3.8) is 0 Å². The van der Waals surface area contributed by atoms with Gasteiger partial charge in [0.15, 0.2) is 0 Å². The second-order valence-electron chi connectivity index (χ2n) is 5.03. The molecule has 6 heteroatoms. The number of hydrogen-bond donors (Lipinski definition) is 1. The van der Waals surface area contributed by atoms with Gasteiger partial charge in [0, 0.05) is 49.3 Å². The molecule has 0 atom stereocenters. The molecule has 0 radical (unpaired) electrons. The maximum atomic E-state index is 12.0. The van der Waals surface area contributed by atoms with Crippen LogP contribution in [-0.4, -0.2) is 62.0 Å². The minimum Gasteiger partial charge on any atom is -0.351 e. The number of benzene rings is 1. The van der Waals surface area contributed by atoms with Gasteiger partial charge in [-0.05, 0) is 41.2 Å². The lowest BCUT2D eigenvalue weighted by atomic mass is 10.2. The van der Waals surface area contributed by atoms with Gasteiger partial charge in [-0.3, -0.25) is 9.69 Å². The summed E-state index contributed by atoms with van der Waals surface area (Å²) in [6.45, 7) is 5.89. The third-order valence-electron chi connectivity index (χ3n) is 3.49. The number of nitrogens with zero attached hydrogens (tertiary/aromatic N) is 2. The van der Waals surface area contributed by atoms with Crippen LogP contribution in [0.1, 0.15) is 10.4 Å². The van der Waals surface area contributed by atoms with Crippen molar-refractivity contribution in [1.29, 1.82) is 0 Å². The lowest BCUT2D eigenvalue weighted by Crippen LogP contribution is -2.46. The van der Waals surface area contributed by atoms with Crippen LogP contribution in [0.15, 0.2) is 22.7 Å². The molecule has 1 heterocycles. The number of carbonyl (C=O) groups is 1. The Hall–Kier alpha value is -0.620. The summed E-state index contributed by atoms with van der Waals surface area (Å²) < 4.78 is 0.742. The molecule has 1 aromatic carbocycles. The summed E-state index contributed by atoms with van der Waals surface area (Å²) in [5.74, 6) is -0.0588. The molecule has 1 N–H and O–H groups in total. The number of carbonyl (C=O) groups excluding carboxylic acids is 1. The molecule has 0 unspecified atom stereocenters. The smallest absolute Gasteiger partial charge is 0.251 e. The summed E-state index contributed by atoms with van der Waals surface area (Å²) in [5.41, 5.74) is 0.625. The molecule has 0 spiro atoms. The van der Waals surface area contributed by atoms with Crippen LogP contribution in [0.4, 0.5) is 0 Å². The van der Waals surface area contributed by atoms with Crippen molar-refractivity contribution >= 4 is 33.4 Å². The van der Waals surface area contributed by atoms with Gasteiger partial charge in [-0.15, -0.1) is 0 Å². The van der Waals surface area contributed by atoms with Crippen molar-refractivity contribution in [2.24, 2.45) is 0 Å². The van der Waals surface area contributed by atoms with E-state index in [0.717, 1.165) is 37.2 Å². The highest BCUT2D eigenvalue weighted by atomic mass is 79.9. The van der Waals surface area contributed by atoms with Crippen LogP contribution in [-0.2, 0) is 0 Å². The maximum Gasteiger partial charge on any atom is 0.251 e. The van der Waals surface area contributed by atoms with Gasteiger partial charge in [0.25, 0.3) is 5.91 Å². The van der Waals surface area contributed by atoms with E-state index in [0.29, 0.717) is 17.1 Å². The predicted octanol–water partition coefficient (Wildman–Crippen LogP) is 2.08. The fourth-order valence-electron chi connectivity index (χ4n) is 2.14. The summed E-state index contributed by atoms with van der Waals surface area (Å²) in [6, 6.07) is 5.20. The first-order valence-corrected chi connectivity index (χ1v) is 7.87. The highest BCUT2D eigenvalue weighted by Crippen LogP contribution is 2.23. The van der Waals surface area contributed by atoms with Crippen LogP contribution < -0.4 is 5.32 Å². The number of amides is 1. The first-order valence-electron chi connectivity index (χ1n) is 6.70. The molecule has 0 aliphatic carbocycles. The van der Waals surface area contributed by atoms with Crippen molar-refractivity contribution in [1.82, 2.24) is 15.1 Å². The Labute approximate surface area is 133 Å². The van der Waals surface area contributed by atoms with E-state index in [1.54, 1.807) is 18.2 Å². The van der Waals surface area contributed by atoms with E-state index in [2.05, 4.69) is 38.1 Å². The zero-order chi connectivity index (χ0) is 14.5. The van der Waals surface area contributed by atoms with Crippen molar-refractivity contribution in [2.75, 3.05) is 46.3 Å². The fraction of sp³-hybridized carbons (Fsp3) is 0.500. The topological polar surface area (TPSA) is 35.6 Å². The molecule has 1 saturated heterocycles. The zero-order valence-corrected chi connectivity index (χ0v) is 13.9. The van der Waals surface area contributed by atoms with Crippen LogP contribution >= 0.6 is 27.5 Å². The maximum absolute atomic E-state index is 12.0. The molecular formula is C14H19BrClN3O. The molecular weight excluding hydrogens is 342 g/mol. The Bertz CT molecular complexity index is 475. The third-order valence-corrected chi connectivity index (χ3v) is 4.71. The van der Waals surface area contributed by atoms with Gasteiger partial charge in [0.2, 0.25) is 0 Å². The Kier molecular flexibility index (Phi) is 5.84. The van der Waals surface area contributed by atoms with E-state index in [1.807, 2.05) is 0 Å². The van der Waals surface area contributed by atoms with E-state index in [-0.39, 0.29) is 5.91 Å². The Balaban J connectivity index is 1.76. The minimum absolute atomic E-state index is 0.0588. The van der Waals surface area contributed by atoms with Crippen LogP contribution in [0, 0.1) is 0 Å². The first-order chi connectivity index (χ1) is 9.56. The van der Waals surface area contributed by atoms with Crippen LogP contribution in [0.3, 0.4) is 0 Å². The molecule has 110 valence electrons. The van der Waals surface area contributed by atoms with Crippen LogP contribution in [0.2, 0.25) is 5.02 Å². The van der Waals surface area contributed by atoms with Crippen molar-refractivity contribution in [3.8, 4) is 0 Å². The molecule has 1 aliphatic rings. The fourth-order valence-corrected chi connectivity index (χ4v) is 2.63. The summed E-state index contributed by atoms with van der Waals surface area (Å²) >= 11 is 9.24. The number of piperazine rings is 1. The number of nitrogens with one attached hydrogen (secondary N) is 1. The molecule has 4 nitrogen and oxygen atoms in total. The lowest BCUT2D eigenvalue weighted by molar-refractivity contribution is 0.0941. The van der Waals surface area contributed by atoms with E-state index < -0.39 is 0 Å². The van der Waals surface area contributed by atoms with Gasteiger partial charge >= 0.3 is 0 Å². The average Bonchev–Trinajstić information content (AvgIpc) is 2.44. The minimum atomic E-state index is -0.0588. The van der Waals surface area contributed by atoms with Crippen molar-refractivity contribution < 1.29 is 4.79 Å². The molecule has 20 heavy (non-hydrogen) atoms. The summed E-state index contributed by atoms with van der Waals surface area (Å²) in [4.78, 5) is 16.7. The SMILES string of the molecule is CN1CCN(CCNC(=O)c2ccc(Cl)c(Br)c2)CC1. The normalized spacial score (nSPS) is 17.1. The third kappa shape index (κ3) is 4.45. The van der Waals surface area contributed by atoms with Crippen LogP contribution in [0.25, 0.3) is 0 Å². The number of halogens is 2. The van der Waals surface area contributed by atoms with Gasteiger partial charge in [-0.1, -0.05) is 11.6 Å². The number of hydrogen-bond acceptors (Lipinski definition) is 3. The molecule has 0 aromatic heterocycles. The van der Waals surface area contributed by atoms with E-state index in [4.69, 9.17) is 11.6 Å². The molecule has 0 bridgehead atoms. The Morgan fingerprint density at radius 1 is 1.35 bits per heavy atom. The van der Waals surface area contributed by atoms with Gasteiger partial charge in [0.1, 0.15) is 0 Å². The zero-order valence-electron chi connectivity index (χ0n) is 11.5. The highest BCUT2D eigenvalue weighted by molar-refractivity contribution is 9.10. The Morgan fingerprint density at radius 2 is 2.05 bits per heavy atom. The van der Waals surface area contributed by atoms with Gasteiger partial charge in [-0.25, -0.2) is 0 Å². The molecule has 1 amide bonds. The predicted molar refractivity (Wildman–Crippen MR) is 85.4 cm³/mol. The van der Waals surface area contributed by atoms with E-state index >= 15 is 0 Å². The van der Waals surface area contributed by atoms with Gasteiger partial charge in [-0.2, -0.15) is 0 Å². The largest absolute Gasteiger partial charge is 0.351 e. The lowest BCUT2D eigenvalue weighted by Gasteiger charge is -2.32. The number of likely N-dealkylation sites (N-methyl/N-ethyl adjacent to an activating group) is 1. The van der Waals surface area contributed by atoms with E-state index in [1.165, 1.54) is 0 Å². The second kappa shape index (κ2) is 7.41. The number of rotatable bonds is 4. The monoisotopic (exact) mass is 359 g/mol. The molecule has 1 aromatic rings. The van der Waals surface area contributed by atoms with Crippen LogP contribution in [0.5, 0.6) is 0 Å². The standard InChI is InChI=1S/C14H19BrClN3O/c1-18-6-8-19(9-7-18)5-4-17-14(20)11-2-3-13(16)12(15)10-11/h2-3,10H,4-9H2,1H3,(H,17,20).